The number of hydrogen-bond donors (Lipinski definition) is 0. The van der Waals surface area contributed by atoms with Gasteiger partial charge in [-0.1, -0.05) is 18.2 Å². The Morgan fingerprint density at radius 3 is 2.44 bits per heavy atom. The van der Waals surface area contributed by atoms with Crippen LogP contribution in [0, 0.1) is 5.92 Å². The minimum Gasteiger partial charge on any atom is -0.497 e. The summed E-state index contributed by atoms with van der Waals surface area (Å²) in [7, 11) is 3.00. The van der Waals surface area contributed by atoms with Gasteiger partial charge >= 0.3 is 0 Å². The van der Waals surface area contributed by atoms with E-state index in [-0.39, 0.29) is 11.7 Å². The Balaban J connectivity index is 1.94. The topological polar surface area (TPSA) is 68.2 Å². The Labute approximate surface area is 145 Å². The maximum Gasteiger partial charge on any atom is 0.264 e. The number of ether oxygens (including phenoxy) is 2. The molecule has 0 radical (unpaired) electrons. The number of ketones is 1. The SMILES string of the molecule is COc1ccc(C(=O)[C@@H]2C(=O)N(c3ccccc3)N=C2C)c(OC)c1. The van der Waals surface area contributed by atoms with Crippen molar-refractivity contribution >= 4 is 23.1 Å². The maximum atomic E-state index is 13.0. The molecule has 0 fully saturated rings. The zero-order chi connectivity index (χ0) is 18.0. The minimum atomic E-state index is -0.956. The predicted molar refractivity (Wildman–Crippen MR) is 94.4 cm³/mol. The fourth-order valence-electron chi connectivity index (χ4n) is 2.78. The highest BCUT2D eigenvalue weighted by Gasteiger charge is 2.40. The highest BCUT2D eigenvalue weighted by Crippen LogP contribution is 2.31. The molecule has 1 aliphatic rings. The van der Waals surface area contributed by atoms with Gasteiger partial charge in [0.1, 0.15) is 17.4 Å². The van der Waals surface area contributed by atoms with E-state index < -0.39 is 5.92 Å². The molecule has 0 unspecified atom stereocenters. The van der Waals surface area contributed by atoms with Crippen LogP contribution in [0.5, 0.6) is 11.5 Å². The first-order chi connectivity index (χ1) is 12.1. The molecular weight excluding hydrogens is 320 g/mol. The third kappa shape index (κ3) is 2.98. The number of Topliss-reactive ketones (excluding diaryl/α,β-unsaturated/α-hetero) is 1. The molecular formula is C19H18N2O4. The average molecular weight is 338 g/mol. The first kappa shape index (κ1) is 16.7. The van der Waals surface area contributed by atoms with Gasteiger partial charge in [0.2, 0.25) is 0 Å². The molecule has 6 nitrogen and oxygen atoms in total. The van der Waals surface area contributed by atoms with Crippen molar-refractivity contribution < 1.29 is 19.1 Å². The average Bonchev–Trinajstić information content (AvgIpc) is 2.95. The molecule has 0 N–H and O–H groups in total. The van der Waals surface area contributed by atoms with E-state index in [0.29, 0.717) is 28.5 Å². The van der Waals surface area contributed by atoms with E-state index in [9.17, 15) is 9.59 Å². The number of benzene rings is 2. The van der Waals surface area contributed by atoms with Crippen molar-refractivity contribution in [2.24, 2.45) is 11.0 Å². The van der Waals surface area contributed by atoms with Crippen molar-refractivity contribution in [1.82, 2.24) is 0 Å². The Hall–Kier alpha value is -3.15. The molecule has 1 amide bonds. The molecule has 3 rings (SSSR count). The van der Waals surface area contributed by atoms with Crippen LogP contribution in [-0.2, 0) is 4.79 Å². The molecule has 2 aromatic rings. The number of rotatable bonds is 5. The quantitative estimate of drug-likeness (QED) is 0.621. The molecule has 0 aliphatic carbocycles. The van der Waals surface area contributed by atoms with Crippen LogP contribution in [0.2, 0.25) is 0 Å². The van der Waals surface area contributed by atoms with Crippen LogP contribution in [-0.4, -0.2) is 31.6 Å². The number of amides is 1. The van der Waals surface area contributed by atoms with Crippen molar-refractivity contribution in [3.8, 4) is 11.5 Å². The standard InChI is InChI=1S/C19H18N2O4/c1-12-17(19(23)21(20-12)13-7-5-4-6-8-13)18(22)15-10-9-14(24-2)11-16(15)25-3/h4-11,17H,1-3H3/t17-/m1/s1. The second kappa shape index (κ2) is 6.76. The van der Waals surface area contributed by atoms with Gasteiger partial charge in [-0.25, -0.2) is 0 Å². The lowest BCUT2D eigenvalue weighted by molar-refractivity contribution is -0.118. The van der Waals surface area contributed by atoms with Crippen molar-refractivity contribution in [1.29, 1.82) is 0 Å². The summed E-state index contributed by atoms with van der Waals surface area (Å²) >= 11 is 0. The normalized spacial score (nSPS) is 16.6. The van der Waals surface area contributed by atoms with E-state index in [4.69, 9.17) is 9.47 Å². The molecule has 128 valence electrons. The number of hydrogen-bond acceptors (Lipinski definition) is 5. The number of para-hydroxylation sites is 1. The molecule has 1 aliphatic heterocycles. The molecule has 0 saturated carbocycles. The van der Waals surface area contributed by atoms with Crippen molar-refractivity contribution in [3.63, 3.8) is 0 Å². The number of anilines is 1. The highest BCUT2D eigenvalue weighted by molar-refractivity contribution is 6.30. The van der Waals surface area contributed by atoms with E-state index >= 15 is 0 Å². The van der Waals surface area contributed by atoms with E-state index in [1.165, 1.54) is 19.2 Å². The highest BCUT2D eigenvalue weighted by atomic mass is 16.5. The van der Waals surface area contributed by atoms with E-state index in [1.54, 1.807) is 37.3 Å². The zero-order valence-corrected chi connectivity index (χ0v) is 14.2. The second-order valence-electron chi connectivity index (χ2n) is 5.59. The van der Waals surface area contributed by atoms with Gasteiger partial charge in [-0.3, -0.25) is 9.59 Å². The number of methoxy groups -OCH3 is 2. The van der Waals surface area contributed by atoms with Gasteiger partial charge in [0.25, 0.3) is 5.91 Å². The summed E-state index contributed by atoms with van der Waals surface area (Å²) < 4.78 is 10.4. The van der Waals surface area contributed by atoms with Crippen LogP contribution in [0.3, 0.4) is 0 Å². The Morgan fingerprint density at radius 2 is 1.80 bits per heavy atom. The third-order valence-electron chi connectivity index (χ3n) is 4.07. The van der Waals surface area contributed by atoms with Gasteiger partial charge in [0, 0.05) is 6.07 Å². The Bertz CT molecular complexity index is 846. The number of carbonyl (C=O) groups is 2. The molecule has 0 bridgehead atoms. The van der Waals surface area contributed by atoms with E-state index in [1.807, 2.05) is 18.2 Å². The van der Waals surface area contributed by atoms with Crippen LogP contribution >= 0.6 is 0 Å². The minimum absolute atomic E-state index is 0.325. The zero-order valence-electron chi connectivity index (χ0n) is 14.2. The van der Waals surface area contributed by atoms with E-state index in [0.717, 1.165) is 0 Å². The van der Waals surface area contributed by atoms with Gasteiger partial charge in [0.15, 0.2) is 5.78 Å². The Morgan fingerprint density at radius 1 is 1.08 bits per heavy atom. The largest absolute Gasteiger partial charge is 0.497 e. The first-order valence-corrected chi connectivity index (χ1v) is 7.77. The summed E-state index contributed by atoms with van der Waals surface area (Å²) in [4.78, 5) is 25.8. The maximum absolute atomic E-state index is 13.0. The molecule has 0 saturated heterocycles. The van der Waals surface area contributed by atoms with Crippen LogP contribution in [0.15, 0.2) is 53.6 Å². The summed E-state index contributed by atoms with van der Waals surface area (Å²) in [6.45, 7) is 1.68. The number of hydrazone groups is 1. The predicted octanol–water partition coefficient (Wildman–Crippen LogP) is 2.93. The summed E-state index contributed by atoms with van der Waals surface area (Å²) in [6.07, 6.45) is 0. The number of carbonyl (C=O) groups excluding carboxylic acids is 2. The fraction of sp³-hybridized carbons (Fsp3) is 0.211. The molecule has 0 aromatic heterocycles. The van der Waals surface area contributed by atoms with Gasteiger partial charge in [-0.2, -0.15) is 10.1 Å². The van der Waals surface area contributed by atoms with Gasteiger partial charge < -0.3 is 9.47 Å². The smallest absolute Gasteiger partial charge is 0.264 e. The molecule has 0 spiro atoms. The monoisotopic (exact) mass is 338 g/mol. The van der Waals surface area contributed by atoms with E-state index in [2.05, 4.69) is 5.10 Å². The van der Waals surface area contributed by atoms with Gasteiger partial charge in [-0.15, -0.1) is 0 Å². The summed E-state index contributed by atoms with van der Waals surface area (Å²) in [6, 6.07) is 13.9. The summed E-state index contributed by atoms with van der Waals surface area (Å²) in [5.41, 5.74) is 1.41. The summed E-state index contributed by atoms with van der Waals surface area (Å²) in [5, 5.41) is 5.54. The number of nitrogens with zero attached hydrogens (tertiary/aromatic N) is 2. The molecule has 1 atom stereocenters. The lowest BCUT2D eigenvalue weighted by Crippen LogP contribution is -2.32. The van der Waals surface area contributed by atoms with Crippen LogP contribution < -0.4 is 14.5 Å². The molecule has 2 aromatic carbocycles. The van der Waals surface area contributed by atoms with Crippen LogP contribution in [0.4, 0.5) is 5.69 Å². The lowest BCUT2D eigenvalue weighted by atomic mass is 9.93. The van der Waals surface area contributed by atoms with Crippen LogP contribution in [0.25, 0.3) is 0 Å². The third-order valence-corrected chi connectivity index (χ3v) is 4.07. The Kier molecular flexibility index (Phi) is 4.52. The van der Waals surface area contributed by atoms with Crippen LogP contribution in [0.1, 0.15) is 17.3 Å². The van der Waals surface area contributed by atoms with Crippen molar-refractivity contribution in [2.45, 2.75) is 6.92 Å². The van der Waals surface area contributed by atoms with Crippen molar-refractivity contribution in [3.05, 3.63) is 54.1 Å². The lowest BCUT2D eigenvalue weighted by Gasteiger charge is -2.15. The molecule has 6 heteroatoms. The second-order valence-corrected chi connectivity index (χ2v) is 5.59. The summed E-state index contributed by atoms with van der Waals surface area (Å²) in [5.74, 6) is -0.733. The van der Waals surface area contributed by atoms with Gasteiger partial charge in [0.05, 0.1) is 31.2 Å². The molecule has 1 heterocycles. The first-order valence-electron chi connectivity index (χ1n) is 7.77. The molecule has 25 heavy (non-hydrogen) atoms. The van der Waals surface area contributed by atoms with Crippen molar-refractivity contribution in [2.75, 3.05) is 19.2 Å². The van der Waals surface area contributed by atoms with Gasteiger partial charge in [-0.05, 0) is 31.2 Å². The fourth-order valence-corrected chi connectivity index (χ4v) is 2.78.